The predicted molar refractivity (Wildman–Crippen MR) is 74.0 cm³/mol. The second kappa shape index (κ2) is 7.61. The van der Waals surface area contributed by atoms with Gasteiger partial charge < -0.3 is 15.2 Å². The van der Waals surface area contributed by atoms with Gasteiger partial charge in [-0.25, -0.2) is 9.59 Å². The van der Waals surface area contributed by atoms with Crippen LogP contribution in [0.3, 0.4) is 0 Å². The van der Waals surface area contributed by atoms with Gasteiger partial charge in [0.25, 0.3) is 0 Å². The van der Waals surface area contributed by atoms with Crippen molar-refractivity contribution in [2.75, 3.05) is 0 Å². The summed E-state index contributed by atoms with van der Waals surface area (Å²) in [6.45, 7) is 9.04. The molecule has 5 heteroatoms. The average Bonchev–Trinajstić information content (AvgIpc) is 2.19. The van der Waals surface area contributed by atoms with Crippen LogP contribution in [0.5, 0.6) is 0 Å². The zero-order valence-electron chi connectivity index (χ0n) is 12.2. The van der Waals surface area contributed by atoms with Crippen molar-refractivity contribution in [3.05, 3.63) is 23.8 Å². The molecule has 0 aliphatic rings. The Hall–Kier alpha value is -1.78. The zero-order valence-corrected chi connectivity index (χ0v) is 12.2. The first-order valence-electron chi connectivity index (χ1n) is 6.14. The minimum atomic E-state index is -1.09. The molecule has 0 spiro atoms. The van der Waals surface area contributed by atoms with Gasteiger partial charge in [-0.1, -0.05) is 23.8 Å². The van der Waals surface area contributed by atoms with Gasteiger partial charge in [0.1, 0.15) is 11.6 Å². The van der Waals surface area contributed by atoms with E-state index in [0.29, 0.717) is 0 Å². The second-order valence-electron chi connectivity index (χ2n) is 5.44. The van der Waals surface area contributed by atoms with Crippen LogP contribution in [0.25, 0.3) is 0 Å². The van der Waals surface area contributed by atoms with Crippen molar-refractivity contribution < 1.29 is 19.4 Å². The first-order valence-corrected chi connectivity index (χ1v) is 6.14. The van der Waals surface area contributed by atoms with Crippen LogP contribution in [0.4, 0.5) is 4.79 Å². The number of carboxylic acids is 1. The Bertz CT molecular complexity index is 373. The molecular weight excluding hydrogens is 246 g/mol. The number of rotatable bonds is 5. The second-order valence-corrected chi connectivity index (χ2v) is 5.44. The van der Waals surface area contributed by atoms with E-state index in [-0.39, 0.29) is 6.42 Å². The summed E-state index contributed by atoms with van der Waals surface area (Å²) in [5.74, 6) is -1.09. The fourth-order valence-corrected chi connectivity index (χ4v) is 1.15. The number of hydrogen-bond donors (Lipinski definition) is 2. The van der Waals surface area contributed by atoms with Crippen LogP contribution in [-0.4, -0.2) is 28.8 Å². The molecule has 0 aromatic heterocycles. The highest BCUT2D eigenvalue weighted by molar-refractivity contribution is 5.80. The van der Waals surface area contributed by atoms with Gasteiger partial charge in [-0.15, -0.1) is 0 Å². The molecule has 0 heterocycles. The van der Waals surface area contributed by atoms with Crippen molar-refractivity contribution in [2.24, 2.45) is 0 Å². The number of carbonyl (C=O) groups excluding carboxylic acids is 1. The summed E-state index contributed by atoms with van der Waals surface area (Å²) >= 11 is 0. The lowest BCUT2D eigenvalue weighted by molar-refractivity contribution is -0.139. The Morgan fingerprint density at radius 1 is 1.32 bits per heavy atom. The maximum absolute atomic E-state index is 11.5. The van der Waals surface area contributed by atoms with Crippen molar-refractivity contribution in [3.8, 4) is 0 Å². The largest absolute Gasteiger partial charge is 0.480 e. The van der Waals surface area contributed by atoms with Gasteiger partial charge in [0, 0.05) is 0 Å². The van der Waals surface area contributed by atoms with E-state index >= 15 is 0 Å². The van der Waals surface area contributed by atoms with Gasteiger partial charge in [-0.05, 0) is 41.0 Å². The molecule has 108 valence electrons. The molecule has 19 heavy (non-hydrogen) atoms. The van der Waals surface area contributed by atoms with Crippen LogP contribution in [0.15, 0.2) is 23.8 Å². The van der Waals surface area contributed by atoms with E-state index < -0.39 is 23.7 Å². The van der Waals surface area contributed by atoms with E-state index in [9.17, 15) is 9.59 Å². The highest BCUT2D eigenvalue weighted by Crippen LogP contribution is 2.07. The Morgan fingerprint density at radius 3 is 2.32 bits per heavy atom. The minimum Gasteiger partial charge on any atom is -0.480 e. The smallest absolute Gasteiger partial charge is 0.408 e. The van der Waals surface area contributed by atoms with Gasteiger partial charge in [-0.2, -0.15) is 0 Å². The van der Waals surface area contributed by atoms with Crippen molar-refractivity contribution >= 4 is 12.1 Å². The molecular formula is C14H23NO4. The Balaban J connectivity index is 4.43. The molecule has 0 fully saturated rings. The first-order chi connectivity index (χ1) is 8.61. The summed E-state index contributed by atoms with van der Waals surface area (Å²) in [4.78, 5) is 22.5. The maximum atomic E-state index is 11.5. The fraction of sp³-hybridized carbons (Fsp3) is 0.571. The van der Waals surface area contributed by atoms with Crippen LogP contribution < -0.4 is 5.32 Å². The lowest BCUT2D eigenvalue weighted by Gasteiger charge is -2.21. The number of carboxylic acid groups (broad SMARTS) is 1. The number of nitrogens with one attached hydrogen (secondary N) is 1. The third-order valence-corrected chi connectivity index (χ3v) is 1.93. The van der Waals surface area contributed by atoms with Gasteiger partial charge in [0.05, 0.1) is 0 Å². The number of amides is 1. The minimum absolute atomic E-state index is 0.207. The van der Waals surface area contributed by atoms with Crippen LogP contribution in [0, 0.1) is 0 Å². The van der Waals surface area contributed by atoms with E-state index in [2.05, 4.69) is 5.32 Å². The number of alkyl carbamates (subject to hydrolysis) is 1. The maximum Gasteiger partial charge on any atom is 0.408 e. The van der Waals surface area contributed by atoms with Crippen molar-refractivity contribution in [1.29, 1.82) is 0 Å². The number of carbonyl (C=O) groups is 2. The first kappa shape index (κ1) is 17.2. The molecule has 2 N–H and O–H groups in total. The Labute approximate surface area is 114 Å². The normalized spacial score (nSPS) is 12.9. The number of aliphatic carboxylic acids is 1. The molecule has 0 bridgehead atoms. The van der Waals surface area contributed by atoms with Crippen molar-refractivity contribution in [3.63, 3.8) is 0 Å². The summed E-state index contributed by atoms with van der Waals surface area (Å²) in [7, 11) is 0. The molecule has 0 aliphatic carbocycles. The van der Waals surface area contributed by atoms with Crippen LogP contribution in [-0.2, 0) is 9.53 Å². The third-order valence-electron chi connectivity index (χ3n) is 1.93. The molecule has 0 aromatic carbocycles. The summed E-state index contributed by atoms with van der Waals surface area (Å²) in [6, 6.07) is -0.989. The lowest BCUT2D eigenvalue weighted by Crippen LogP contribution is -2.43. The molecule has 1 atom stereocenters. The highest BCUT2D eigenvalue weighted by Gasteiger charge is 2.22. The van der Waals surface area contributed by atoms with E-state index in [1.807, 2.05) is 19.9 Å². The third kappa shape index (κ3) is 9.88. The molecule has 0 radical (unpaired) electrons. The van der Waals surface area contributed by atoms with Gasteiger partial charge in [0.15, 0.2) is 0 Å². The number of ether oxygens (including phenoxy) is 1. The Kier molecular flexibility index (Phi) is 6.90. The number of hydrogen-bond acceptors (Lipinski definition) is 3. The van der Waals surface area contributed by atoms with Crippen molar-refractivity contribution in [1.82, 2.24) is 5.32 Å². The van der Waals surface area contributed by atoms with Crippen LogP contribution in [0.1, 0.15) is 41.0 Å². The molecule has 0 unspecified atom stereocenters. The molecule has 0 saturated heterocycles. The van der Waals surface area contributed by atoms with E-state index in [1.54, 1.807) is 32.9 Å². The van der Waals surface area contributed by atoms with Crippen LogP contribution >= 0.6 is 0 Å². The Morgan fingerprint density at radius 2 is 1.89 bits per heavy atom. The van der Waals surface area contributed by atoms with Gasteiger partial charge >= 0.3 is 12.1 Å². The predicted octanol–water partition coefficient (Wildman–Crippen LogP) is 2.88. The molecule has 0 aromatic rings. The lowest BCUT2D eigenvalue weighted by atomic mass is 10.2. The van der Waals surface area contributed by atoms with Gasteiger partial charge in [-0.3, -0.25) is 0 Å². The van der Waals surface area contributed by atoms with Gasteiger partial charge in [0.2, 0.25) is 0 Å². The molecule has 5 nitrogen and oxygen atoms in total. The zero-order chi connectivity index (χ0) is 15.1. The topological polar surface area (TPSA) is 75.6 Å². The molecule has 0 rings (SSSR count). The van der Waals surface area contributed by atoms with Crippen molar-refractivity contribution in [2.45, 2.75) is 52.7 Å². The summed E-state index contributed by atoms with van der Waals surface area (Å²) in [6.07, 6.45) is 4.81. The quantitative estimate of drug-likeness (QED) is 0.752. The van der Waals surface area contributed by atoms with E-state index in [1.165, 1.54) is 0 Å². The number of allylic oxidation sites excluding steroid dienone is 3. The molecule has 1 amide bonds. The molecule has 0 saturated carbocycles. The summed E-state index contributed by atoms with van der Waals surface area (Å²) in [5.41, 5.74) is 0.466. The van der Waals surface area contributed by atoms with E-state index in [0.717, 1.165) is 5.57 Å². The fourth-order valence-electron chi connectivity index (χ4n) is 1.15. The standard InChI is InChI=1S/C14H23NO4/c1-10(2)8-6-7-9-11(12(16)17)15-13(18)19-14(3,4)5/h6-8,11H,9H2,1-5H3,(H,15,18)(H,16,17)/t11-/m0/s1. The summed E-state index contributed by atoms with van der Waals surface area (Å²) in [5, 5.41) is 11.3. The monoisotopic (exact) mass is 269 g/mol. The molecule has 0 aliphatic heterocycles. The highest BCUT2D eigenvalue weighted by atomic mass is 16.6. The average molecular weight is 269 g/mol. The van der Waals surface area contributed by atoms with E-state index in [4.69, 9.17) is 9.84 Å². The SMILES string of the molecule is CC(C)=CC=CC[C@H](NC(=O)OC(C)(C)C)C(=O)O. The van der Waals surface area contributed by atoms with Crippen LogP contribution in [0.2, 0.25) is 0 Å². The summed E-state index contributed by atoms with van der Waals surface area (Å²) < 4.78 is 5.01.